The van der Waals surface area contributed by atoms with Gasteiger partial charge in [0, 0.05) is 30.6 Å². The molecular weight excluding hydrogens is 500 g/mol. The van der Waals surface area contributed by atoms with Crippen molar-refractivity contribution >= 4 is 22.0 Å². The average molecular weight is 519 g/mol. The summed E-state index contributed by atoms with van der Waals surface area (Å²) in [4.78, 5) is 22.0. The minimum Gasteiger partial charge on any atom is -0.421 e. The van der Waals surface area contributed by atoms with Gasteiger partial charge in [0.1, 0.15) is 5.54 Å². The van der Waals surface area contributed by atoms with E-state index in [1.54, 1.807) is 6.07 Å². The number of amides is 1. The van der Waals surface area contributed by atoms with Crippen LogP contribution >= 0.6 is 0 Å². The molecule has 0 unspecified atom stereocenters. The van der Waals surface area contributed by atoms with Crippen LogP contribution in [-0.4, -0.2) is 49.6 Å². The summed E-state index contributed by atoms with van der Waals surface area (Å²) in [6.45, 7) is -0.255. The highest BCUT2D eigenvalue weighted by molar-refractivity contribution is 7.90. The van der Waals surface area contributed by atoms with Gasteiger partial charge >= 0.3 is 12.1 Å². The Labute approximate surface area is 204 Å². The lowest BCUT2D eigenvalue weighted by Crippen LogP contribution is -2.63. The number of ether oxygens (including phenoxy) is 3. The number of carbonyl (C=O) groups is 1. The largest absolute Gasteiger partial charge is 0.421 e. The first-order valence-electron chi connectivity index (χ1n) is 10.6. The normalized spacial score (nSPS) is 16.2. The number of fused-ring (bicyclic) bond motifs is 2. The number of aromatic nitrogens is 2. The number of benzene rings is 2. The highest BCUT2D eigenvalue weighted by Gasteiger charge is 2.54. The highest BCUT2D eigenvalue weighted by Crippen LogP contribution is 2.48. The predicted molar refractivity (Wildman–Crippen MR) is 121 cm³/mol. The molecule has 3 aromatic rings. The third kappa shape index (κ3) is 4.08. The minimum atomic E-state index is -3.97. The molecule has 2 aliphatic heterocycles. The number of anilines is 1. The fraction of sp³-hybridized carbons (Fsp3) is 0.227. The Hall–Kier alpha value is -3.88. The van der Waals surface area contributed by atoms with E-state index in [4.69, 9.17) is 14.2 Å². The summed E-state index contributed by atoms with van der Waals surface area (Å²) in [5, 5.41) is 0. The predicted octanol–water partition coefficient (Wildman–Crippen LogP) is 2.66. The van der Waals surface area contributed by atoms with Gasteiger partial charge in [-0.25, -0.2) is 23.9 Å². The second kappa shape index (κ2) is 8.96. The zero-order valence-corrected chi connectivity index (χ0v) is 19.5. The van der Waals surface area contributed by atoms with Gasteiger partial charge in [-0.2, -0.15) is 12.8 Å². The Morgan fingerprint density at radius 2 is 1.86 bits per heavy atom. The van der Waals surface area contributed by atoms with E-state index in [1.165, 1.54) is 54.7 Å². The van der Waals surface area contributed by atoms with Gasteiger partial charge < -0.3 is 14.2 Å². The van der Waals surface area contributed by atoms with Crippen molar-refractivity contribution in [3.8, 4) is 17.5 Å². The number of hydrogen-bond donors (Lipinski definition) is 2. The van der Waals surface area contributed by atoms with Crippen molar-refractivity contribution in [2.24, 2.45) is 0 Å². The van der Waals surface area contributed by atoms with Crippen molar-refractivity contribution in [3.05, 3.63) is 71.6 Å². The smallest absolute Gasteiger partial charge is 0.416 e. The Balaban J connectivity index is 1.48. The van der Waals surface area contributed by atoms with Crippen LogP contribution in [0, 0.1) is 11.6 Å². The van der Waals surface area contributed by atoms with Gasteiger partial charge in [0.15, 0.2) is 17.3 Å². The standard InChI is InChI=1S/C22H19F2N5O6S/c1-25-36(31,32)28-15-5-2-4-13(17(15)23)10-29-21(30)35-19-14(22(29)11-33-12-22)6-7-16(18(19)24)34-20-26-8-3-9-27-20/h2-9,25,28H,10-12H2,1H3. The van der Waals surface area contributed by atoms with Gasteiger partial charge in [0.25, 0.3) is 10.2 Å². The van der Waals surface area contributed by atoms with E-state index in [1.807, 2.05) is 4.72 Å². The van der Waals surface area contributed by atoms with Crippen molar-refractivity contribution < 1.29 is 36.2 Å². The van der Waals surface area contributed by atoms with Crippen LogP contribution in [0.15, 0.2) is 48.8 Å². The molecule has 0 atom stereocenters. The van der Waals surface area contributed by atoms with Crippen LogP contribution in [-0.2, 0) is 27.0 Å². The van der Waals surface area contributed by atoms with Gasteiger partial charge in [-0.05, 0) is 24.3 Å². The van der Waals surface area contributed by atoms with Crippen molar-refractivity contribution in [3.63, 3.8) is 0 Å². The van der Waals surface area contributed by atoms with Crippen LogP contribution in [0.1, 0.15) is 11.1 Å². The lowest BCUT2D eigenvalue weighted by Gasteiger charge is -2.51. The first-order chi connectivity index (χ1) is 17.2. The number of halogens is 2. The summed E-state index contributed by atoms with van der Waals surface area (Å²) in [5.41, 5.74) is -1.10. The van der Waals surface area contributed by atoms with Gasteiger partial charge in [-0.1, -0.05) is 12.1 Å². The summed E-state index contributed by atoms with van der Waals surface area (Å²) in [6, 6.07) is 8.45. The van der Waals surface area contributed by atoms with E-state index < -0.39 is 33.5 Å². The van der Waals surface area contributed by atoms with E-state index in [0.717, 1.165) is 0 Å². The summed E-state index contributed by atoms with van der Waals surface area (Å²) in [5.74, 6) is -2.37. The van der Waals surface area contributed by atoms with E-state index in [2.05, 4.69) is 14.7 Å². The van der Waals surface area contributed by atoms with E-state index in [9.17, 15) is 13.2 Å². The molecule has 2 N–H and O–H groups in total. The van der Waals surface area contributed by atoms with Gasteiger partial charge in [-0.3, -0.25) is 9.62 Å². The highest BCUT2D eigenvalue weighted by atomic mass is 32.2. The van der Waals surface area contributed by atoms with Crippen molar-refractivity contribution in [1.29, 1.82) is 0 Å². The molecule has 0 radical (unpaired) electrons. The first-order valence-corrected chi connectivity index (χ1v) is 12.1. The second-order valence-corrected chi connectivity index (χ2v) is 9.57. The lowest BCUT2D eigenvalue weighted by molar-refractivity contribution is -0.143. The molecule has 1 amide bonds. The zero-order chi connectivity index (χ0) is 25.5. The Bertz CT molecular complexity index is 1440. The summed E-state index contributed by atoms with van der Waals surface area (Å²) in [7, 11) is -2.80. The van der Waals surface area contributed by atoms with Crippen LogP contribution in [0.2, 0.25) is 0 Å². The second-order valence-electron chi connectivity index (χ2n) is 7.95. The number of rotatable bonds is 7. The van der Waals surface area contributed by atoms with Gasteiger partial charge in [0.05, 0.1) is 25.4 Å². The Morgan fingerprint density at radius 3 is 2.53 bits per heavy atom. The minimum absolute atomic E-state index is 0.0135. The maximum atomic E-state index is 15.3. The molecule has 1 fully saturated rings. The Morgan fingerprint density at radius 1 is 1.11 bits per heavy atom. The molecule has 3 heterocycles. The topological polar surface area (TPSA) is 132 Å². The van der Waals surface area contributed by atoms with Crippen molar-refractivity contribution in [1.82, 2.24) is 19.6 Å². The van der Waals surface area contributed by atoms with Crippen molar-refractivity contribution in [2.75, 3.05) is 25.0 Å². The van der Waals surface area contributed by atoms with Crippen LogP contribution in [0.4, 0.5) is 19.3 Å². The third-order valence-electron chi connectivity index (χ3n) is 5.83. The van der Waals surface area contributed by atoms with Gasteiger partial charge in [-0.15, -0.1) is 0 Å². The van der Waals surface area contributed by atoms with E-state index in [0.29, 0.717) is 5.56 Å². The maximum absolute atomic E-state index is 15.3. The summed E-state index contributed by atoms with van der Waals surface area (Å²) in [6.07, 6.45) is 1.92. The van der Waals surface area contributed by atoms with E-state index in [-0.39, 0.29) is 48.5 Å². The van der Waals surface area contributed by atoms with Crippen LogP contribution in [0.5, 0.6) is 17.5 Å². The van der Waals surface area contributed by atoms with Crippen LogP contribution < -0.4 is 18.9 Å². The molecule has 14 heteroatoms. The fourth-order valence-electron chi connectivity index (χ4n) is 3.95. The van der Waals surface area contributed by atoms with Crippen LogP contribution in [0.25, 0.3) is 0 Å². The van der Waals surface area contributed by atoms with Crippen LogP contribution in [0.3, 0.4) is 0 Å². The SMILES string of the molecule is CNS(=O)(=O)Nc1cccc(CN2C(=O)Oc3c(ccc(Oc4ncccn4)c3F)C23COC3)c1F. The molecular formula is C22H19F2N5O6S. The molecule has 5 rings (SSSR count). The zero-order valence-electron chi connectivity index (χ0n) is 18.7. The van der Waals surface area contributed by atoms with Gasteiger partial charge in [0.2, 0.25) is 5.82 Å². The van der Waals surface area contributed by atoms with E-state index >= 15 is 8.78 Å². The monoisotopic (exact) mass is 519 g/mol. The molecule has 1 saturated heterocycles. The molecule has 0 saturated carbocycles. The first kappa shape index (κ1) is 23.8. The molecule has 2 aliphatic rings. The summed E-state index contributed by atoms with van der Waals surface area (Å²) >= 11 is 0. The Kier molecular flexibility index (Phi) is 5.94. The average Bonchev–Trinajstić information content (AvgIpc) is 2.83. The lowest BCUT2D eigenvalue weighted by atomic mass is 9.84. The number of nitrogens with one attached hydrogen (secondary N) is 2. The quantitative estimate of drug-likeness (QED) is 0.487. The number of hydrogen-bond acceptors (Lipinski definition) is 8. The molecule has 1 aromatic heterocycles. The maximum Gasteiger partial charge on any atom is 0.416 e. The molecule has 0 bridgehead atoms. The number of carbonyl (C=O) groups excluding carboxylic acids is 1. The molecule has 1 spiro atoms. The fourth-order valence-corrected chi connectivity index (χ4v) is 4.50. The molecule has 11 nitrogen and oxygen atoms in total. The third-order valence-corrected chi connectivity index (χ3v) is 6.86. The molecule has 36 heavy (non-hydrogen) atoms. The summed E-state index contributed by atoms with van der Waals surface area (Å²) < 4.78 is 74.3. The molecule has 0 aliphatic carbocycles. The van der Waals surface area contributed by atoms with Crippen molar-refractivity contribution in [2.45, 2.75) is 12.1 Å². The molecule has 2 aromatic carbocycles. The molecule has 188 valence electrons. The number of nitrogens with zero attached hydrogens (tertiary/aromatic N) is 3.